The van der Waals surface area contributed by atoms with E-state index in [0.29, 0.717) is 0 Å². The highest BCUT2D eigenvalue weighted by atomic mass is 36.0. The van der Waals surface area contributed by atoms with Crippen molar-refractivity contribution in [3.63, 3.8) is 0 Å². The standard InChI is InChI=1S/C4H11N.Cl3P/c1-3-5-4-2;1-4(2)3/h5H,3-4H2,1-2H3;. The summed E-state index contributed by atoms with van der Waals surface area (Å²) in [4.78, 5) is 0. The van der Waals surface area contributed by atoms with Gasteiger partial charge >= 0.3 is 0 Å². The maximum Gasteiger partial charge on any atom is 0.179 e. The Morgan fingerprint density at radius 2 is 1.33 bits per heavy atom. The maximum atomic E-state index is 4.87. The van der Waals surface area contributed by atoms with Crippen LogP contribution in [-0.2, 0) is 0 Å². The molecule has 0 aromatic carbocycles. The van der Waals surface area contributed by atoms with Crippen molar-refractivity contribution >= 4 is 39.7 Å². The number of nitrogens with one attached hydrogen (secondary N) is 1. The van der Waals surface area contributed by atoms with Crippen molar-refractivity contribution < 1.29 is 0 Å². The molecule has 0 heterocycles. The van der Waals surface area contributed by atoms with Crippen LogP contribution in [0.5, 0.6) is 0 Å². The molecule has 0 aliphatic rings. The minimum atomic E-state index is -1.20. The molecule has 0 rings (SSSR count). The van der Waals surface area contributed by atoms with Gasteiger partial charge in [0.15, 0.2) is 5.98 Å². The van der Waals surface area contributed by atoms with E-state index in [1.54, 1.807) is 0 Å². The smallest absolute Gasteiger partial charge is 0.179 e. The lowest BCUT2D eigenvalue weighted by molar-refractivity contribution is 0.762. The largest absolute Gasteiger partial charge is 0.317 e. The summed E-state index contributed by atoms with van der Waals surface area (Å²) in [7, 11) is 0. The number of halogens is 3. The Morgan fingerprint density at radius 1 is 1.11 bits per heavy atom. The molecule has 0 fully saturated rings. The van der Waals surface area contributed by atoms with E-state index < -0.39 is 5.98 Å². The maximum absolute atomic E-state index is 4.87. The van der Waals surface area contributed by atoms with Crippen molar-refractivity contribution in [1.82, 2.24) is 5.32 Å². The topological polar surface area (TPSA) is 12.0 Å². The lowest BCUT2D eigenvalue weighted by atomic mass is 10.7. The number of rotatable bonds is 2. The summed E-state index contributed by atoms with van der Waals surface area (Å²) in [6.45, 7) is 6.39. The molecule has 0 radical (unpaired) electrons. The van der Waals surface area contributed by atoms with Gasteiger partial charge in [0, 0.05) is 0 Å². The van der Waals surface area contributed by atoms with E-state index in [1.807, 2.05) is 0 Å². The first-order valence-electron chi connectivity index (χ1n) is 2.63. The van der Waals surface area contributed by atoms with Crippen molar-refractivity contribution in [3.05, 3.63) is 0 Å². The monoisotopic (exact) mass is 209 g/mol. The van der Waals surface area contributed by atoms with Crippen molar-refractivity contribution in [2.24, 2.45) is 0 Å². The van der Waals surface area contributed by atoms with Gasteiger partial charge in [0.25, 0.3) is 0 Å². The molecule has 0 amide bonds. The van der Waals surface area contributed by atoms with Gasteiger partial charge in [-0.25, -0.2) is 0 Å². The number of hydrogen-bond donors (Lipinski definition) is 1. The van der Waals surface area contributed by atoms with Gasteiger partial charge in [0.1, 0.15) is 0 Å². The van der Waals surface area contributed by atoms with Crippen LogP contribution < -0.4 is 5.32 Å². The molecule has 0 aromatic rings. The van der Waals surface area contributed by atoms with Crippen molar-refractivity contribution in [2.45, 2.75) is 13.8 Å². The van der Waals surface area contributed by atoms with E-state index >= 15 is 0 Å². The Hall–Kier alpha value is 1.26. The van der Waals surface area contributed by atoms with Crippen molar-refractivity contribution in [3.8, 4) is 0 Å². The van der Waals surface area contributed by atoms with Gasteiger partial charge in [0.2, 0.25) is 0 Å². The molecular weight excluding hydrogens is 199 g/mol. The minimum Gasteiger partial charge on any atom is -0.317 e. The minimum absolute atomic E-state index is 1.09. The molecule has 0 spiro atoms. The van der Waals surface area contributed by atoms with Gasteiger partial charge in [-0.15, -0.1) is 0 Å². The molecule has 0 saturated heterocycles. The van der Waals surface area contributed by atoms with Crippen LogP contribution in [0.3, 0.4) is 0 Å². The number of hydrogen-bond acceptors (Lipinski definition) is 1. The Kier molecular flexibility index (Phi) is 17.2. The summed E-state index contributed by atoms with van der Waals surface area (Å²) in [5.41, 5.74) is 0. The fourth-order valence-corrected chi connectivity index (χ4v) is 0.250. The van der Waals surface area contributed by atoms with Gasteiger partial charge in [-0.05, 0) is 13.1 Å². The first-order valence-corrected chi connectivity index (χ1v) is 6.69. The average molecular weight is 210 g/mol. The SMILES string of the molecule is CCNCC.ClP(Cl)Cl. The van der Waals surface area contributed by atoms with Crippen molar-refractivity contribution in [2.75, 3.05) is 13.1 Å². The van der Waals surface area contributed by atoms with Crippen LogP contribution in [0.1, 0.15) is 13.8 Å². The molecule has 0 aliphatic carbocycles. The van der Waals surface area contributed by atoms with Crippen LogP contribution in [0.15, 0.2) is 0 Å². The predicted molar refractivity (Wildman–Crippen MR) is 48.7 cm³/mol. The van der Waals surface area contributed by atoms with Gasteiger partial charge in [-0.1, -0.05) is 47.6 Å². The van der Waals surface area contributed by atoms with Gasteiger partial charge in [0.05, 0.1) is 0 Å². The molecule has 0 bridgehead atoms. The molecule has 1 nitrogen and oxygen atoms in total. The first-order chi connectivity index (χ1) is 4.15. The van der Waals surface area contributed by atoms with E-state index in [4.69, 9.17) is 33.7 Å². The fourth-order valence-electron chi connectivity index (χ4n) is 0.250. The average Bonchev–Trinajstić information content (AvgIpc) is 1.66. The summed E-state index contributed by atoms with van der Waals surface area (Å²) in [6.07, 6.45) is 0. The van der Waals surface area contributed by atoms with Crippen LogP contribution in [0.2, 0.25) is 0 Å². The zero-order valence-corrected chi connectivity index (χ0v) is 8.66. The highest BCUT2D eigenvalue weighted by molar-refractivity contribution is 8.20. The summed E-state index contributed by atoms with van der Waals surface area (Å²) in [5, 5.41) is 3.11. The first kappa shape index (κ1) is 12.9. The molecule has 9 heavy (non-hydrogen) atoms. The van der Waals surface area contributed by atoms with Gasteiger partial charge in [-0.3, -0.25) is 0 Å². The zero-order valence-electron chi connectivity index (χ0n) is 5.50. The van der Waals surface area contributed by atoms with Gasteiger partial charge < -0.3 is 5.32 Å². The van der Waals surface area contributed by atoms with Crippen LogP contribution in [0.4, 0.5) is 0 Å². The molecule has 0 aromatic heterocycles. The molecular formula is C4H11Cl3NP. The molecule has 0 unspecified atom stereocenters. The van der Waals surface area contributed by atoms with E-state index in [0.717, 1.165) is 13.1 Å². The Balaban J connectivity index is 0. The summed E-state index contributed by atoms with van der Waals surface area (Å²) >= 11 is 14.6. The highest BCUT2D eigenvalue weighted by Gasteiger charge is 1.80. The molecule has 0 saturated carbocycles. The predicted octanol–water partition coefficient (Wildman–Crippen LogP) is 3.55. The van der Waals surface area contributed by atoms with E-state index in [9.17, 15) is 0 Å². The third kappa shape index (κ3) is 45.9. The van der Waals surface area contributed by atoms with Crippen molar-refractivity contribution in [1.29, 1.82) is 0 Å². The quantitative estimate of drug-likeness (QED) is 0.688. The Morgan fingerprint density at radius 3 is 1.33 bits per heavy atom. The molecule has 1 N–H and O–H groups in total. The Bertz CT molecular complexity index is 40.0. The second-order valence-electron chi connectivity index (χ2n) is 1.15. The van der Waals surface area contributed by atoms with E-state index in [1.165, 1.54) is 0 Å². The third-order valence-electron chi connectivity index (χ3n) is 0.500. The summed E-state index contributed by atoms with van der Waals surface area (Å²) in [5.74, 6) is -1.20. The molecule has 5 heteroatoms. The molecule has 0 atom stereocenters. The second kappa shape index (κ2) is 12.0. The second-order valence-corrected chi connectivity index (χ2v) is 6.13. The Labute approximate surface area is 72.2 Å². The summed E-state index contributed by atoms with van der Waals surface area (Å²) < 4.78 is 0. The molecule has 58 valence electrons. The van der Waals surface area contributed by atoms with E-state index in [-0.39, 0.29) is 0 Å². The van der Waals surface area contributed by atoms with E-state index in [2.05, 4.69) is 19.2 Å². The fraction of sp³-hybridized carbons (Fsp3) is 1.00. The lowest BCUT2D eigenvalue weighted by Crippen LogP contribution is -2.09. The van der Waals surface area contributed by atoms with Crippen LogP contribution in [-0.4, -0.2) is 13.1 Å². The third-order valence-corrected chi connectivity index (χ3v) is 0.500. The summed E-state index contributed by atoms with van der Waals surface area (Å²) in [6, 6.07) is 0. The van der Waals surface area contributed by atoms with Crippen LogP contribution >= 0.6 is 39.7 Å². The van der Waals surface area contributed by atoms with Gasteiger partial charge in [-0.2, -0.15) is 0 Å². The molecule has 0 aliphatic heterocycles. The lowest BCUT2D eigenvalue weighted by Gasteiger charge is -1.86. The zero-order chi connectivity index (χ0) is 7.70. The highest BCUT2D eigenvalue weighted by Crippen LogP contribution is 2.51. The van der Waals surface area contributed by atoms with Crippen LogP contribution in [0, 0.1) is 0 Å². The normalized spacial score (nSPS) is 8.67. The van der Waals surface area contributed by atoms with Crippen LogP contribution in [0.25, 0.3) is 0 Å².